The number of rotatable bonds is 7. The van der Waals surface area contributed by atoms with Crippen molar-refractivity contribution >= 4 is 0 Å². The molecule has 0 fully saturated rings. The Hall–Kier alpha value is -1.02. The van der Waals surface area contributed by atoms with E-state index in [4.69, 9.17) is 10.5 Å². The van der Waals surface area contributed by atoms with Gasteiger partial charge in [0, 0.05) is 6.04 Å². The molecule has 2 N–H and O–H groups in total. The largest absolute Gasteiger partial charge is 0.493 e. The molecular formula is C16H27NO. The van der Waals surface area contributed by atoms with Crippen LogP contribution in [0.3, 0.4) is 0 Å². The molecule has 18 heavy (non-hydrogen) atoms. The maximum absolute atomic E-state index is 5.86. The number of hydrogen-bond donors (Lipinski definition) is 1. The molecule has 0 spiro atoms. The van der Waals surface area contributed by atoms with E-state index in [1.54, 1.807) is 0 Å². The Morgan fingerprint density at radius 3 is 2.61 bits per heavy atom. The number of hydrogen-bond acceptors (Lipinski definition) is 2. The van der Waals surface area contributed by atoms with Gasteiger partial charge in [-0.2, -0.15) is 0 Å². The molecule has 102 valence electrons. The number of aryl methyl sites for hydroxylation is 1. The number of benzene rings is 1. The second-order valence-electron chi connectivity index (χ2n) is 5.48. The molecule has 0 heterocycles. The molecule has 0 aliphatic heterocycles. The summed E-state index contributed by atoms with van der Waals surface area (Å²) in [6.07, 6.45) is 3.14. The highest BCUT2D eigenvalue weighted by molar-refractivity contribution is 5.37. The van der Waals surface area contributed by atoms with E-state index in [-0.39, 0.29) is 6.04 Å². The van der Waals surface area contributed by atoms with Crippen LogP contribution in [0.5, 0.6) is 5.75 Å². The van der Waals surface area contributed by atoms with Crippen LogP contribution in [0, 0.1) is 12.8 Å². The smallest absolute Gasteiger partial charge is 0.122 e. The Morgan fingerprint density at radius 2 is 2.00 bits per heavy atom. The van der Waals surface area contributed by atoms with Crippen LogP contribution in [0.4, 0.5) is 0 Å². The quantitative estimate of drug-likeness (QED) is 0.799. The molecule has 2 atom stereocenters. The molecule has 1 aromatic carbocycles. The van der Waals surface area contributed by atoms with E-state index in [0.29, 0.717) is 5.92 Å². The van der Waals surface area contributed by atoms with Crippen molar-refractivity contribution in [3.8, 4) is 5.75 Å². The molecule has 2 heteroatoms. The van der Waals surface area contributed by atoms with Gasteiger partial charge in [-0.3, -0.25) is 0 Å². The summed E-state index contributed by atoms with van der Waals surface area (Å²) in [5.74, 6) is 1.63. The lowest BCUT2D eigenvalue weighted by Gasteiger charge is -2.17. The second-order valence-corrected chi connectivity index (χ2v) is 5.48. The van der Waals surface area contributed by atoms with E-state index in [1.807, 2.05) is 0 Å². The maximum Gasteiger partial charge on any atom is 0.122 e. The SMILES string of the molecule is CCCOc1ccc(C)cc1CC(C)CC(C)N. The third-order valence-electron chi connectivity index (χ3n) is 3.02. The number of nitrogens with two attached hydrogens (primary N) is 1. The van der Waals surface area contributed by atoms with Crippen molar-refractivity contribution in [3.63, 3.8) is 0 Å². The zero-order valence-electron chi connectivity index (χ0n) is 12.2. The van der Waals surface area contributed by atoms with Gasteiger partial charge in [0.2, 0.25) is 0 Å². The van der Waals surface area contributed by atoms with Crippen molar-refractivity contribution in [3.05, 3.63) is 29.3 Å². The topological polar surface area (TPSA) is 35.2 Å². The molecule has 0 aromatic heterocycles. The van der Waals surface area contributed by atoms with Gasteiger partial charge in [-0.25, -0.2) is 0 Å². The molecule has 0 aliphatic rings. The summed E-state index contributed by atoms with van der Waals surface area (Å²) in [4.78, 5) is 0. The molecule has 0 radical (unpaired) electrons. The predicted octanol–water partition coefficient (Wildman–Crippen LogP) is 3.70. The summed E-state index contributed by atoms with van der Waals surface area (Å²) >= 11 is 0. The molecular weight excluding hydrogens is 222 g/mol. The van der Waals surface area contributed by atoms with Gasteiger partial charge in [-0.1, -0.05) is 31.5 Å². The second kappa shape index (κ2) is 7.42. The highest BCUT2D eigenvalue weighted by atomic mass is 16.5. The molecule has 0 bridgehead atoms. The van der Waals surface area contributed by atoms with E-state index in [0.717, 1.165) is 31.6 Å². The summed E-state index contributed by atoms with van der Waals surface area (Å²) in [7, 11) is 0. The number of ether oxygens (including phenoxy) is 1. The van der Waals surface area contributed by atoms with Crippen LogP contribution >= 0.6 is 0 Å². The van der Waals surface area contributed by atoms with Gasteiger partial charge in [0.1, 0.15) is 5.75 Å². The van der Waals surface area contributed by atoms with Gasteiger partial charge in [0.15, 0.2) is 0 Å². The first kappa shape index (κ1) is 15.0. The van der Waals surface area contributed by atoms with Crippen LogP contribution in [0.25, 0.3) is 0 Å². The molecule has 0 amide bonds. The summed E-state index contributed by atoms with van der Waals surface area (Å²) in [6, 6.07) is 6.72. The first-order chi connectivity index (χ1) is 8.52. The summed E-state index contributed by atoms with van der Waals surface area (Å²) in [6.45, 7) is 9.38. The van der Waals surface area contributed by atoms with Crippen molar-refractivity contribution in [1.29, 1.82) is 0 Å². The van der Waals surface area contributed by atoms with Crippen LogP contribution in [-0.4, -0.2) is 12.6 Å². The predicted molar refractivity (Wildman–Crippen MR) is 78.1 cm³/mol. The van der Waals surface area contributed by atoms with Gasteiger partial charge in [0.25, 0.3) is 0 Å². The fraction of sp³-hybridized carbons (Fsp3) is 0.625. The van der Waals surface area contributed by atoms with Crippen LogP contribution in [0.1, 0.15) is 44.7 Å². The fourth-order valence-electron chi connectivity index (χ4n) is 2.31. The fourth-order valence-corrected chi connectivity index (χ4v) is 2.31. The average molecular weight is 249 g/mol. The van der Waals surface area contributed by atoms with E-state index >= 15 is 0 Å². The van der Waals surface area contributed by atoms with Crippen molar-refractivity contribution in [2.24, 2.45) is 11.7 Å². The Morgan fingerprint density at radius 1 is 1.28 bits per heavy atom. The van der Waals surface area contributed by atoms with Gasteiger partial charge in [-0.05, 0) is 50.7 Å². The van der Waals surface area contributed by atoms with Crippen LogP contribution in [0.15, 0.2) is 18.2 Å². The minimum Gasteiger partial charge on any atom is -0.493 e. The van der Waals surface area contributed by atoms with Crippen LogP contribution < -0.4 is 10.5 Å². The Bertz CT molecular complexity index is 360. The van der Waals surface area contributed by atoms with E-state index in [9.17, 15) is 0 Å². The first-order valence-electron chi connectivity index (χ1n) is 7.00. The van der Waals surface area contributed by atoms with Gasteiger partial charge < -0.3 is 10.5 Å². The minimum atomic E-state index is 0.268. The molecule has 0 saturated heterocycles. The highest BCUT2D eigenvalue weighted by Gasteiger charge is 2.11. The maximum atomic E-state index is 5.86. The summed E-state index contributed by atoms with van der Waals surface area (Å²) in [5.41, 5.74) is 8.47. The van der Waals surface area contributed by atoms with Crippen molar-refractivity contribution in [2.45, 2.75) is 53.0 Å². The normalized spacial score (nSPS) is 14.3. The van der Waals surface area contributed by atoms with Gasteiger partial charge in [0.05, 0.1) is 6.61 Å². The molecule has 2 nitrogen and oxygen atoms in total. The van der Waals surface area contributed by atoms with E-state index < -0.39 is 0 Å². The third kappa shape index (κ3) is 5.09. The van der Waals surface area contributed by atoms with Gasteiger partial charge >= 0.3 is 0 Å². The van der Waals surface area contributed by atoms with Crippen molar-refractivity contribution < 1.29 is 4.74 Å². The molecule has 1 aromatic rings. The van der Waals surface area contributed by atoms with Crippen LogP contribution in [-0.2, 0) is 6.42 Å². The zero-order valence-corrected chi connectivity index (χ0v) is 12.2. The molecule has 0 saturated carbocycles. The Kier molecular flexibility index (Phi) is 6.20. The average Bonchev–Trinajstić information content (AvgIpc) is 2.26. The molecule has 2 unspecified atom stereocenters. The minimum absolute atomic E-state index is 0.268. The molecule has 0 aliphatic carbocycles. The van der Waals surface area contributed by atoms with Crippen molar-refractivity contribution in [2.75, 3.05) is 6.61 Å². The zero-order chi connectivity index (χ0) is 13.5. The van der Waals surface area contributed by atoms with E-state index in [2.05, 4.69) is 45.9 Å². The lowest BCUT2D eigenvalue weighted by molar-refractivity contribution is 0.311. The Balaban J connectivity index is 2.74. The first-order valence-corrected chi connectivity index (χ1v) is 7.00. The third-order valence-corrected chi connectivity index (χ3v) is 3.02. The summed E-state index contributed by atoms with van der Waals surface area (Å²) < 4.78 is 5.82. The van der Waals surface area contributed by atoms with E-state index in [1.165, 1.54) is 11.1 Å². The van der Waals surface area contributed by atoms with Gasteiger partial charge in [-0.15, -0.1) is 0 Å². The summed E-state index contributed by atoms with van der Waals surface area (Å²) in [5, 5.41) is 0. The standard InChI is InChI=1S/C16H27NO/c1-5-8-18-16-7-6-12(2)10-15(16)11-13(3)9-14(4)17/h6-7,10,13-14H,5,8-9,11,17H2,1-4H3. The van der Waals surface area contributed by atoms with Crippen LogP contribution in [0.2, 0.25) is 0 Å². The monoisotopic (exact) mass is 249 g/mol. The lowest BCUT2D eigenvalue weighted by Crippen LogP contribution is -2.19. The molecule has 1 rings (SSSR count). The highest BCUT2D eigenvalue weighted by Crippen LogP contribution is 2.24. The lowest BCUT2D eigenvalue weighted by atomic mass is 9.94. The van der Waals surface area contributed by atoms with Crippen molar-refractivity contribution in [1.82, 2.24) is 0 Å². The Labute approximate surface area is 112 Å².